The van der Waals surface area contributed by atoms with E-state index in [1.165, 1.54) is 39.2 Å². The average Bonchev–Trinajstić information content (AvgIpc) is 2.41. The molecule has 0 aromatic carbocycles. The van der Waals surface area contributed by atoms with E-state index in [4.69, 9.17) is 0 Å². The first-order valence-electron chi connectivity index (χ1n) is 7.72. The quantitative estimate of drug-likeness (QED) is 0.409. The minimum absolute atomic E-state index is 0.0458. The summed E-state index contributed by atoms with van der Waals surface area (Å²) in [7, 11) is -1.89. The number of carbonyl (C=O) groups excluding carboxylic acids is 1. The molecule has 0 amide bonds. The van der Waals surface area contributed by atoms with Crippen molar-refractivity contribution in [3.63, 3.8) is 0 Å². The van der Waals surface area contributed by atoms with Gasteiger partial charge in [-0.25, -0.2) is 8.42 Å². The molecule has 0 aliphatic carbocycles. The van der Waals surface area contributed by atoms with Gasteiger partial charge in [0.1, 0.15) is 0 Å². The molecule has 0 aromatic heterocycles. The number of unbranched alkanes of at least 4 members (excludes halogenated alkanes) is 7. The smallest absolute Gasteiger partial charge is 0.306 e. The molecular weight excluding hydrogens is 276 g/mol. The second-order valence-electron chi connectivity index (χ2n) is 5.43. The van der Waals surface area contributed by atoms with E-state index in [2.05, 4.69) is 11.7 Å². The van der Waals surface area contributed by atoms with Crippen LogP contribution in [0.4, 0.5) is 0 Å². The largest absolute Gasteiger partial charge is 0.469 e. The fourth-order valence-corrected chi connectivity index (χ4v) is 3.48. The van der Waals surface area contributed by atoms with Gasteiger partial charge in [0.05, 0.1) is 24.5 Å². The number of hydrogen-bond donors (Lipinski definition) is 0. The number of ether oxygens (including phenoxy) is 1. The SMILES string of the molecule is CCCCCCCCCCS(=O)(=O)C(C)CC(=O)OC. The number of methoxy groups -OCH3 is 1. The van der Waals surface area contributed by atoms with E-state index in [0.717, 1.165) is 12.8 Å². The molecule has 0 saturated heterocycles. The minimum atomic E-state index is -3.17. The Morgan fingerprint density at radius 2 is 1.50 bits per heavy atom. The summed E-state index contributed by atoms with van der Waals surface area (Å²) in [5, 5.41) is -0.639. The maximum Gasteiger partial charge on any atom is 0.306 e. The zero-order valence-corrected chi connectivity index (χ0v) is 14.0. The standard InChI is InChI=1S/C15H30O4S/c1-4-5-6-7-8-9-10-11-12-20(17,18)14(2)13-15(16)19-3/h14H,4-13H2,1-3H3. The van der Waals surface area contributed by atoms with E-state index in [0.29, 0.717) is 6.42 Å². The summed E-state index contributed by atoms with van der Waals surface area (Å²) in [6.07, 6.45) is 8.97. The Bertz CT molecular complexity index is 349. The molecule has 0 N–H and O–H groups in total. The first kappa shape index (κ1) is 19.4. The van der Waals surface area contributed by atoms with Gasteiger partial charge in [0.15, 0.2) is 9.84 Å². The van der Waals surface area contributed by atoms with Crippen molar-refractivity contribution < 1.29 is 17.9 Å². The summed E-state index contributed by atoms with van der Waals surface area (Å²) < 4.78 is 28.4. The highest BCUT2D eigenvalue weighted by atomic mass is 32.2. The van der Waals surface area contributed by atoms with Crippen LogP contribution in [0.25, 0.3) is 0 Å². The summed E-state index contributed by atoms with van der Waals surface area (Å²) in [5.74, 6) is -0.280. The highest BCUT2D eigenvalue weighted by molar-refractivity contribution is 7.92. The predicted molar refractivity (Wildman–Crippen MR) is 82.5 cm³/mol. The fraction of sp³-hybridized carbons (Fsp3) is 0.933. The molecule has 5 heteroatoms. The average molecular weight is 306 g/mol. The van der Waals surface area contributed by atoms with Crippen LogP contribution in [0.2, 0.25) is 0 Å². The zero-order chi connectivity index (χ0) is 15.4. The molecule has 0 saturated carbocycles. The second kappa shape index (κ2) is 11.1. The van der Waals surface area contributed by atoms with Crippen molar-refractivity contribution in [1.29, 1.82) is 0 Å². The lowest BCUT2D eigenvalue weighted by molar-refractivity contribution is -0.140. The number of esters is 1. The highest BCUT2D eigenvalue weighted by Crippen LogP contribution is 2.13. The summed E-state index contributed by atoms with van der Waals surface area (Å²) in [5.41, 5.74) is 0. The van der Waals surface area contributed by atoms with E-state index in [1.54, 1.807) is 6.92 Å². The van der Waals surface area contributed by atoms with Crippen LogP contribution in [0.1, 0.15) is 71.6 Å². The second-order valence-corrected chi connectivity index (χ2v) is 7.97. The van der Waals surface area contributed by atoms with Gasteiger partial charge in [0.25, 0.3) is 0 Å². The Hall–Kier alpha value is -0.580. The summed E-state index contributed by atoms with van der Waals surface area (Å²) in [4.78, 5) is 11.1. The molecule has 0 heterocycles. The first-order chi connectivity index (χ1) is 9.44. The molecule has 0 aromatic rings. The van der Waals surface area contributed by atoms with Crippen LogP contribution in [0, 0.1) is 0 Å². The van der Waals surface area contributed by atoms with Crippen molar-refractivity contribution in [1.82, 2.24) is 0 Å². The van der Waals surface area contributed by atoms with Gasteiger partial charge in [-0.3, -0.25) is 4.79 Å². The third-order valence-corrected chi connectivity index (χ3v) is 5.83. The van der Waals surface area contributed by atoms with Crippen molar-refractivity contribution in [3.05, 3.63) is 0 Å². The molecule has 0 fully saturated rings. The van der Waals surface area contributed by atoms with Gasteiger partial charge in [-0.05, 0) is 13.3 Å². The van der Waals surface area contributed by atoms with Crippen LogP contribution in [0.15, 0.2) is 0 Å². The maximum atomic E-state index is 11.9. The van der Waals surface area contributed by atoms with Crippen molar-refractivity contribution in [2.24, 2.45) is 0 Å². The maximum absolute atomic E-state index is 11.9. The molecule has 0 spiro atoms. The van der Waals surface area contributed by atoms with Gasteiger partial charge in [0.2, 0.25) is 0 Å². The van der Waals surface area contributed by atoms with E-state index in [-0.39, 0.29) is 12.2 Å². The Kier molecular flexibility index (Phi) is 10.8. The number of rotatable bonds is 12. The monoisotopic (exact) mass is 306 g/mol. The highest BCUT2D eigenvalue weighted by Gasteiger charge is 2.23. The van der Waals surface area contributed by atoms with E-state index in [9.17, 15) is 13.2 Å². The summed E-state index contributed by atoms with van der Waals surface area (Å²) >= 11 is 0. The Balaban J connectivity index is 3.74. The van der Waals surface area contributed by atoms with Crippen molar-refractivity contribution in [3.8, 4) is 0 Å². The molecule has 0 bridgehead atoms. The van der Waals surface area contributed by atoms with E-state index >= 15 is 0 Å². The molecule has 20 heavy (non-hydrogen) atoms. The lowest BCUT2D eigenvalue weighted by Gasteiger charge is -2.11. The number of sulfone groups is 1. The molecule has 0 aliphatic heterocycles. The lowest BCUT2D eigenvalue weighted by Crippen LogP contribution is -2.24. The molecule has 0 aliphatic rings. The Morgan fingerprint density at radius 3 is 2.00 bits per heavy atom. The van der Waals surface area contributed by atoms with Gasteiger partial charge < -0.3 is 4.74 Å². The molecule has 1 unspecified atom stereocenters. The van der Waals surface area contributed by atoms with Crippen LogP contribution in [-0.2, 0) is 19.4 Å². The van der Waals surface area contributed by atoms with Gasteiger partial charge >= 0.3 is 5.97 Å². The lowest BCUT2D eigenvalue weighted by atomic mass is 10.1. The summed E-state index contributed by atoms with van der Waals surface area (Å²) in [6.45, 7) is 3.78. The Morgan fingerprint density at radius 1 is 1.00 bits per heavy atom. The van der Waals surface area contributed by atoms with Crippen molar-refractivity contribution in [2.75, 3.05) is 12.9 Å². The number of carbonyl (C=O) groups is 1. The molecule has 0 rings (SSSR count). The third-order valence-electron chi connectivity index (χ3n) is 3.58. The fourth-order valence-electron chi connectivity index (χ4n) is 2.08. The van der Waals surface area contributed by atoms with Gasteiger partial charge in [-0.15, -0.1) is 0 Å². The Labute approximate surface area is 124 Å². The predicted octanol–water partition coefficient (Wildman–Crippen LogP) is 3.49. The van der Waals surface area contributed by atoms with Crippen LogP contribution >= 0.6 is 0 Å². The minimum Gasteiger partial charge on any atom is -0.469 e. The topological polar surface area (TPSA) is 60.4 Å². The first-order valence-corrected chi connectivity index (χ1v) is 9.44. The third kappa shape index (κ3) is 9.34. The van der Waals surface area contributed by atoms with E-state index < -0.39 is 21.1 Å². The molecule has 120 valence electrons. The van der Waals surface area contributed by atoms with Crippen LogP contribution in [0.5, 0.6) is 0 Å². The molecule has 0 radical (unpaired) electrons. The van der Waals surface area contributed by atoms with E-state index in [1.807, 2.05) is 0 Å². The molecule has 4 nitrogen and oxygen atoms in total. The van der Waals surface area contributed by atoms with Crippen molar-refractivity contribution in [2.45, 2.75) is 76.9 Å². The number of hydrogen-bond acceptors (Lipinski definition) is 4. The molecule has 1 atom stereocenters. The van der Waals surface area contributed by atoms with Crippen LogP contribution in [0.3, 0.4) is 0 Å². The van der Waals surface area contributed by atoms with Gasteiger partial charge in [0, 0.05) is 0 Å². The summed E-state index contributed by atoms with van der Waals surface area (Å²) in [6, 6.07) is 0. The molecular formula is C15H30O4S. The zero-order valence-electron chi connectivity index (χ0n) is 13.2. The normalized spacial score (nSPS) is 13.2. The van der Waals surface area contributed by atoms with Crippen molar-refractivity contribution >= 4 is 15.8 Å². The van der Waals surface area contributed by atoms with Crippen LogP contribution in [-0.4, -0.2) is 32.5 Å². The van der Waals surface area contributed by atoms with Crippen LogP contribution < -0.4 is 0 Å². The van der Waals surface area contributed by atoms with Gasteiger partial charge in [-0.1, -0.05) is 51.9 Å². The van der Waals surface area contributed by atoms with Gasteiger partial charge in [-0.2, -0.15) is 0 Å².